The summed E-state index contributed by atoms with van der Waals surface area (Å²) in [4.78, 5) is 2.55. The zero-order valence-electron chi connectivity index (χ0n) is 13.4. The molecular weight excluding hydrogens is 310 g/mol. The first-order chi connectivity index (χ1) is 11.2. The number of nitrogens with zero attached hydrogens (tertiary/aromatic N) is 2. The van der Waals surface area contributed by atoms with Gasteiger partial charge in [0.25, 0.3) is 0 Å². The second-order valence-electron chi connectivity index (χ2n) is 6.83. The molecule has 1 spiro atoms. The molecule has 4 rings (SSSR count). The third-order valence-electron chi connectivity index (χ3n) is 5.40. The van der Waals surface area contributed by atoms with Gasteiger partial charge in [-0.2, -0.15) is 5.10 Å². The van der Waals surface area contributed by atoms with E-state index in [2.05, 4.69) is 21.2 Å². The predicted molar refractivity (Wildman–Crippen MR) is 91.1 cm³/mol. The summed E-state index contributed by atoms with van der Waals surface area (Å²) in [6, 6.07) is 6.10. The van der Waals surface area contributed by atoms with Crippen molar-refractivity contribution in [2.75, 3.05) is 20.2 Å². The lowest BCUT2D eigenvalue weighted by Crippen LogP contribution is -2.44. The Morgan fingerprint density at radius 2 is 2.30 bits per heavy atom. The van der Waals surface area contributed by atoms with Gasteiger partial charge in [0.05, 0.1) is 18.3 Å². The molecule has 0 amide bonds. The Hall–Kier alpha value is -1.52. The molecule has 1 aliphatic heterocycles. The second kappa shape index (κ2) is 5.84. The molecule has 2 aromatic rings. The smallest absolute Gasteiger partial charge is 0.137 e. The number of aromatic amines is 1. The van der Waals surface area contributed by atoms with E-state index in [4.69, 9.17) is 16.3 Å². The third kappa shape index (κ3) is 2.64. The standard InChI is InChI=1S/C18H22ClN3O/c1-23-16-4-3-13(9-15(16)19)11-22-8-2-6-18(12-22)7-5-14-10-20-21-17(14)18/h3-4,9-10H,2,5-8,11-12H2,1H3,(H,20,21). The fraction of sp³-hybridized carbons (Fsp3) is 0.500. The predicted octanol–water partition coefficient (Wildman–Crippen LogP) is 3.55. The van der Waals surface area contributed by atoms with Gasteiger partial charge in [-0.25, -0.2) is 0 Å². The lowest BCUT2D eigenvalue weighted by molar-refractivity contribution is 0.136. The highest BCUT2D eigenvalue weighted by Gasteiger charge is 2.43. The maximum atomic E-state index is 6.26. The first-order valence-corrected chi connectivity index (χ1v) is 8.65. The van der Waals surface area contributed by atoms with E-state index in [1.807, 2.05) is 18.3 Å². The number of benzene rings is 1. The first-order valence-electron chi connectivity index (χ1n) is 8.28. The van der Waals surface area contributed by atoms with Crippen LogP contribution in [-0.4, -0.2) is 35.3 Å². The summed E-state index contributed by atoms with van der Waals surface area (Å²) in [6.07, 6.45) is 6.92. The van der Waals surface area contributed by atoms with Crippen molar-refractivity contribution in [1.82, 2.24) is 15.1 Å². The van der Waals surface area contributed by atoms with Gasteiger partial charge >= 0.3 is 0 Å². The molecule has 122 valence electrons. The molecule has 0 bridgehead atoms. The molecule has 5 heteroatoms. The molecule has 1 aliphatic carbocycles. The van der Waals surface area contributed by atoms with Crippen LogP contribution in [0.4, 0.5) is 0 Å². The van der Waals surface area contributed by atoms with Crippen molar-refractivity contribution in [1.29, 1.82) is 0 Å². The summed E-state index contributed by atoms with van der Waals surface area (Å²) in [5.41, 5.74) is 4.32. The van der Waals surface area contributed by atoms with Crippen LogP contribution in [0.15, 0.2) is 24.4 Å². The van der Waals surface area contributed by atoms with Crippen molar-refractivity contribution in [2.24, 2.45) is 0 Å². The van der Waals surface area contributed by atoms with E-state index < -0.39 is 0 Å². The molecular formula is C18H22ClN3O. The van der Waals surface area contributed by atoms with Gasteiger partial charge < -0.3 is 4.74 Å². The minimum atomic E-state index is 0.278. The van der Waals surface area contributed by atoms with Crippen LogP contribution in [0.1, 0.15) is 36.1 Å². The van der Waals surface area contributed by atoms with E-state index >= 15 is 0 Å². The highest BCUT2D eigenvalue weighted by molar-refractivity contribution is 6.32. The zero-order valence-corrected chi connectivity index (χ0v) is 14.2. The molecule has 0 radical (unpaired) electrons. The molecule has 1 N–H and O–H groups in total. The number of hydrogen-bond acceptors (Lipinski definition) is 3. The number of rotatable bonds is 3. The summed E-state index contributed by atoms with van der Waals surface area (Å²) in [5, 5.41) is 8.22. The van der Waals surface area contributed by atoms with Crippen LogP contribution in [0.2, 0.25) is 5.02 Å². The molecule has 4 nitrogen and oxygen atoms in total. The number of halogens is 1. The molecule has 1 fully saturated rings. The van der Waals surface area contributed by atoms with Crippen molar-refractivity contribution in [2.45, 2.75) is 37.6 Å². The maximum Gasteiger partial charge on any atom is 0.137 e. The summed E-state index contributed by atoms with van der Waals surface area (Å²) in [5.74, 6) is 0.739. The van der Waals surface area contributed by atoms with Gasteiger partial charge in [0.2, 0.25) is 0 Å². The molecule has 1 unspecified atom stereocenters. The Bertz CT molecular complexity index is 714. The lowest BCUT2D eigenvalue weighted by atomic mass is 9.77. The molecule has 23 heavy (non-hydrogen) atoms. The van der Waals surface area contributed by atoms with Crippen molar-refractivity contribution in [3.63, 3.8) is 0 Å². The van der Waals surface area contributed by atoms with Gasteiger partial charge in [0.1, 0.15) is 5.75 Å². The minimum Gasteiger partial charge on any atom is -0.495 e. The number of likely N-dealkylation sites (tertiary alicyclic amines) is 1. The Morgan fingerprint density at radius 3 is 3.13 bits per heavy atom. The summed E-state index contributed by atoms with van der Waals surface area (Å²) < 4.78 is 5.24. The zero-order chi connectivity index (χ0) is 15.9. The van der Waals surface area contributed by atoms with Gasteiger partial charge in [-0.3, -0.25) is 10.00 Å². The number of aromatic nitrogens is 2. The monoisotopic (exact) mass is 331 g/mol. The molecule has 2 heterocycles. The van der Waals surface area contributed by atoms with Crippen molar-refractivity contribution in [3.05, 3.63) is 46.2 Å². The number of methoxy groups -OCH3 is 1. The van der Waals surface area contributed by atoms with Gasteiger partial charge in [-0.05, 0) is 55.5 Å². The lowest BCUT2D eigenvalue weighted by Gasteiger charge is -2.40. The van der Waals surface area contributed by atoms with Crippen LogP contribution in [0.3, 0.4) is 0 Å². The Balaban J connectivity index is 1.51. The molecule has 2 aliphatic rings. The second-order valence-corrected chi connectivity index (χ2v) is 7.24. The quantitative estimate of drug-likeness (QED) is 0.935. The Kier molecular flexibility index (Phi) is 3.82. The highest BCUT2D eigenvalue weighted by atomic mass is 35.5. The third-order valence-corrected chi connectivity index (χ3v) is 5.69. The Morgan fingerprint density at radius 1 is 1.39 bits per heavy atom. The number of nitrogens with one attached hydrogen (secondary N) is 1. The van der Waals surface area contributed by atoms with Crippen LogP contribution in [0.5, 0.6) is 5.75 Å². The molecule has 1 aromatic heterocycles. The van der Waals surface area contributed by atoms with Crippen LogP contribution in [-0.2, 0) is 18.4 Å². The van der Waals surface area contributed by atoms with E-state index in [0.717, 1.165) is 31.8 Å². The fourth-order valence-electron chi connectivity index (χ4n) is 4.30. The number of hydrogen-bond donors (Lipinski definition) is 1. The molecule has 1 atom stereocenters. The number of fused-ring (bicyclic) bond motifs is 2. The van der Waals surface area contributed by atoms with E-state index in [1.54, 1.807) is 7.11 Å². The van der Waals surface area contributed by atoms with Gasteiger partial charge in [-0.1, -0.05) is 17.7 Å². The number of ether oxygens (including phenoxy) is 1. The maximum absolute atomic E-state index is 6.26. The summed E-state index contributed by atoms with van der Waals surface area (Å²) in [6.45, 7) is 3.19. The SMILES string of the molecule is COc1ccc(CN2CCCC3(CCc4cn[nH]c43)C2)cc1Cl. The van der Waals surface area contributed by atoms with Crippen molar-refractivity contribution < 1.29 is 4.74 Å². The van der Waals surface area contributed by atoms with Crippen molar-refractivity contribution >= 4 is 11.6 Å². The first kappa shape index (κ1) is 15.0. The minimum absolute atomic E-state index is 0.278. The number of H-pyrrole nitrogens is 1. The van der Waals surface area contributed by atoms with Gasteiger partial charge in [0, 0.05) is 24.2 Å². The van der Waals surface area contributed by atoms with Crippen LogP contribution >= 0.6 is 11.6 Å². The van der Waals surface area contributed by atoms with E-state index in [-0.39, 0.29) is 5.41 Å². The van der Waals surface area contributed by atoms with E-state index in [0.29, 0.717) is 5.02 Å². The molecule has 1 aromatic carbocycles. The van der Waals surface area contributed by atoms with Crippen LogP contribution in [0.25, 0.3) is 0 Å². The fourth-order valence-corrected chi connectivity index (χ4v) is 4.58. The molecule has 1 saturated heterocycles. The highest BCUT2D eigenvalue weighted by Crippen LogP contribution is 2.44. The number of aryl methyl sites for hydroxylation is 1. The summed E-state index contributed by atoms with van der Waals surface area (Å²) in [7, 11) is 1.65. The molecule has 0 saturated carbocycles. The number of piperidine rings is 1. The average Bonchev–Trinajstić information content (AvgIpc) is 3.13. The summed E-state index contributed by atoms with van der Waals surface area (Å²) >= 11 is 6.26. The van der Waals surface area contributed by atoms with E-state index in [9.17, 15) is 0 Å². The van der Waals surface area contributed by atoms with Crippen molar-refractivity contribution in [3.8, 4) is 5.75 Å². The Labute approximate surface area is 141 Å². The topological polar surface area (TPSA) is 41.1 Å². The van der Waals surface area contributed by atoms with Crippen LogP contribution in [0, 0.1) is 0 Å². The largest absolute Gasteiger partial charge is 0.495 e. The van der Waals surface area contributed by atoms with E-state index in [1.165, 1.54) is 36.1 Å². The van der Waals surface area contributed by atoms with Gasteiger partial charge in [-0.15, -0.1) is 0 Å². The van der Waals surface area contributed by atoms with Gasteiger partial charge in [0.15, 0.2) is 0 Å². The average molecular weight is 332 g/mol. The normalized spacial score (nSPS) is 24.1. The van der Waals surface area contributed by atoms with Crippen LogP contribution < -0.4 is 4.74 Å².